The first kappa shape index (κ1) is 27.0. The molecule has 1 amide bonds. The number of carbonyl (C=O) groups is 1. The lowest BCUT2D eigenvalue weighted by Gasteiger charge is -2.31. The quantitative estimate of drug-likeness (QED) is 0.428. The van der Waals surface area contributed by atoms with E-state index in [0.717, 1.165) is 5.56 Å². The van der Waals surface area contributed by atoms with Crippen LogP contribution in [0.3, 0.4) is 0 Å². The lowest BCUT2D eigenvalue weighted by atomic mass is 10.1. The van der Waals surface area contributed by atoms with Crippen LogP contribution in [-0.4, -0.2) is 71.2 Å². The zero-order chi connectivity index (χ0) is 26.5. The van der Waals surface area contributed by atoms with Crippen molar-refractivity contribution < 1.29 is 21.6 Å². The summed E-state index contributed by atoms with van der Waals surface area (Å²) in [6.45, 7) is 2.16. The molecule has 0 spiro atoms. The van der Waals surface area contributed by atoms with Crippen LogP contribution in [0, 0.1) is 0 Å². The average molecular weight is 543 g/mol. The zero-order valence-electron chi connectivity index (χ0n) is 20.4. The van der Waals surface area contributed by atoms with E-state index in [1.807, 2.05) is 37.4 Å². The first-order valence-electron chi connectivity index (χ1n) is 11.9. The molecule has 3 aromatic carbocycles. The number of nitrogens with one attached hydrogen (secondary N) is 2. The minimum absolute atomic E-state index is 0.0549. The van der Waals surface area contributed by atoms with Gasteiger partial charge in [0.1, 0.15) is 6.04 Å². The number of hydrogen-bond donors (Lipinski definition) is 2. The van der Waals surface area contributed by atoms with Gasteiger partial charge in [-0.3, -0.25) is 4.79 Å². The second kappa shape index (κ2) is 11.5. The first-order valence-corrected chi connectivity index (χ1v) is 14.8. The van der Waals surface area contributed by atoms with E-state index in [2.05, 4.69) is 14.9 Å². The van der Waals surface area contributed by atoms with Crippen LogP contribution in [0.25, 0.3) is 0 Å². The van der Waals surface area contributed by atoms with Crippen LogP contribution < -0.4 is 10.0 Å². The Morgan fingerprint density at radius 3 is 1.95 bits per heavy atom. The van der Waals surface area contributed by atoms with E-state index in [1.165, 1.54) is 40.7 Å². The van der Waals surface area contributed by atoms with Crippen molar-refractivity contribution in [3.63, 3.8) is 0 Å². The zero-order valence-corrected chi connectivity index (χ0v) is 22.1. The van der Waals surface area contributed by atoms with Crippen LogP contribution in [0.2, 0.25) is 0 Å². The predicted molar refractivity (Wildman–Crippen MR) is 142 cm³/mol. The molecule has 1 fully saturated rings. The molecule has 0 bridgehead atoms. The van der Waals surface area contributed by atoms with Gasteiger partial charge in [-0.25, -0.2) is 16.8 Å². The van der Waals surface area contributed by atoms with Crippen LogP contribution in [0.15, 0.2) is 94.7 Å². The standard InChI is InChI=1S/C26H30N4O5S2/c1-29-16-18-30(19-17-29)37(34,35)24-14-12-22(13-15-24)27-26(31)25(20-21-8-4-2-5-9-21)28-36(32,33)23-10-6-3-7-11-23/h2-15,25,28H,16-20H2,1H3,(H,27,31)/t25-/m0/s1. The molecule has 4 rings (SSSR count). The summed E-state index contributed by atoms with van der Waals surface area (Å²) < 4.78 is 55.8. The molecule has 2 N–H and O–H groups in total. The van der Waals surface area contributed by atoms with Crippen molar-refractivity contribution in [2.45, 2.75) is 22.3 Å². The number of piperazine rings is 1. The van der Waals surface area contributed by atoms with Gasteiger partial charge in [-0.1, -0.05) is 48.5 Å². The summed E-state index contributed by atoms with van der Waals surface area (Å²) in [5.41, 5.74) is 1.14. The number of sulfonamides is 2. The molecular formula is C26H30N4O5S2. The summed E-state index contributed by atoms with van der Waals surface area (Å²) in [5.74, 6) is -0.557. The lowest BCUT2D eigenvalue weighted by molar-refractivity contribution is -0.117. The maximum absolute atomic E-state index is 13.2. The smallest absolute Gasteiger partial charge is 0.243 e. The second-order valence-corrected chi connectivity index (χ2v) is 12.5. The van der Waals surface area contributed by atoms with Crippen LogP contribution in [0.5, 0.6) is 0 Å². The fourth-order valence-electron chi connectivity index (χ4n) is 4.01. The number of benzene rings is 3. The molecule has 11 heteroatoms. The SMILES string of the molecule is CN1CCN(S(=O)(=O)c2ccc(NC(=O)[C@H](Cc3ccccc3)NS(=O)(=O)c3ccccc3)cc2)CC1. The molecule has 3 aromatic rings. The summed E-state index contributed by atoms with van der Waals surface area (Å²) >= 11 is 0. The second-order valence-electron chi connectivity index (χ2n) is 8.90. The van der Waals surface area contributed by atoms with Crippen molar-refractivity contribution in [1.29, 1.82) is 0 Å². The first-order chi connectivity index (χ1) is 17.6. The van der Waals surface area contributed by atoms with Gasteiger partial charge in [0.05, 0.1) is 9.79 Å². The lowest BCUT2D eigenvalue weighted by Crippen LogP contribution is -2.47. The highest BCUT2D eigenvalue weighted by molar-refractivity contribution is 7.89. The summed E-state index contributed by atoms with van der Waals surface area (Å²) in [6, 6.07) is 21.8. The largest absolute Gasteiger partial charge is 0.325 e. The van der Waals surface area contributed by atoms with Crippen molar-refractivity contribution in [1.82, 2.24) is 13.9 Å². The molecule has 196 valence electrons. The van der Waals surface area contributed by atoms with Crippen molar-refractivity contribution in [2.24, 2.45) is 0 Å². The summed E-state index contributed by atoms with van der Waals surface area (Å²) in [6.07, 6.45) is 0.134. The summed E-state index contributed by atoms with van der Waals surface area (Å²) in [4.78, 5) is 15.5. The van der Waals surface area contributed by atoms with Crippen LogP contribution in [0.4, 0.5) is 5.69 Å². The highest BCUT2D eigenvalue weighted by Gasteiger charge is 2.28. The Labute approximate surface area is 218 Å². The molecule has 37 heavy (non-hydrogen) atoms. The maximum atomic E-state index is 13.2. The normalized spacial score (nSPS) is 16.2. The van der Waals surface area contributed by atoms with Crippen molar-refractivity contribution in [2.75, 3.05) is 38.5 Å². The average Bonchev–Trinajstić information content (AvgIpc) is 2.90. The summed E-state index contributed by atoms with van der Waals surface area (Å²) in [7, 11) is -5.65. The highest BCUT2D eigenvalue weighted by Crippen LogP contribution is 2.20. The van der Waals surface area contributed by atoms with E-state index in [4.69, 9.17) is 0 Å². The number of nitrogens with zero attached hydrogens (tertiary/aromatic N) is 2. The van der Waals surface area contributed by atoms with Crippen LogP contribution >= 0.6 is 0 Å². The molecule has 1 aliphatic heterocycles. The number of likely N-dealkylation sites (N-methyl/N-ethyl adjacent to an activating group) is 1. The van der Waals surface area contributed by atoms with Crippen molar-refractivity contribution in [3.05, 3.63) is 90.5 Å². The molecule has 1 saturated heterocycles. The van der Waals surface area contributed by atoms with Gasteiger partial charge >= 0.3 is 0 Å². The third kappa shape index (κ3) is 6.82. The molecule has 0 radical (unpaired) electrons. The Balaban J connectivity index is 1.50. The van der Waals surface area contributed by atoms with Crippen molar-refractivity contribution >= 4 is 31.6 Å². The Morgan fingerprint density at radius 2 is 1.35 bits per heavy atom. The Bertz CT molecular complexity index is 1410. The molecule has 1 heterocycles. The third-order valence-corrected chi connectivity index (χ3v) is 9.57. The van der Waals surface area contributed by atoms with Gasteiger partial charge in [-0.2, -0.15) is 9.03 Å². The molecule has 0 saturated carbocycles. The van der Waals surface area contributed by atoms with Gasteiger partial charge in [-0.05, 0) is 55.4 Å². The number of hydrogen-bond acceptors (Lipinski definition) is 6. The Morgan fingerprint density at radius 1 is 0.784 bits per heavy atom. The van der Waals surface area contributed by atoms with E-state index in [0.29, 0.717) is 31.9 Å². The van der Waals surface area contributed by atoms with E-state index in [-0.39, 0.29) is 16.2 Å². The molecule has 0 aliphatic carbocycles. The van der Waals surface area contributed by atoms with Crippen LogP contribution in [0.1, 0.15) is 5.56 Å². The van der Waals surface area contributed by atoms with Gasteiger partial charge < -0.3 is 10.2 Å². The number of carbonyl (C=O) groups excluding carboxylic acids is 1. The molecule has 1 aliphatic rings. The van der Waals surface area contributed by atoms with E-state index in [9.17, 15) is 21.6 Å². The monoisotopic (exact) mass is 542 g/mol. The van der Waals surface area contributed by atoms with E-state index >= 15 is 0 Å². The summed E-state index contributed by atoms with van der Waals surface area (Å²) in [5, 5.41) is 2.72. The highest BCUT2D eigenvalue weighted by atomic mass is 32.2. The molecule has 9 nitrogen and oxygen atoms in total. The molecule has 0 aromatic heterocycles. The predicted octanol–water partition coefficient (Wildman–Crippen LogP) is 2.15. The Kier molecular flexibility index (Phi) is 8.40. The van der Waals surface area contributed by atoms with Crippen LogP contribution in [-0.2, 0) is 31.3 Å². The van der Waals surface area contributed by atoms with Gasteiger partial charge in [-0.15, -0.1) is 0 Å². The van der Waals surface area contributed by atoms with E-state index < -0.39 is 32.0 Å². The number of amides is 1. The van der Waals surface area contributed by atoms with Gasteiger partial charge in [0.2, 0.25) is 26.0 Å². The minimum Gasteiger partial charge on any atom is -0.325 e. The molecule has 1 atom stereocenters. The molecule has 0 unspecified atom stereocenters. The Hall–Kier alpha value is -3.09. The van der Waals surface area contributed by atoms with Gasteiger partial charge in [0, 0.05) is 31.9 Å². The minimum atomic E-state index is -3.96. The van der Waals surface area contributed by atoms with E-state index in [1.54, 1.807) is 18.2 Å². The van der Waals surface area contributed by atoms with Gasteiger partial charge in [0.15, 0.2) is 0 Å². The van der Waals surface area contributed by atoms with Crippen molar-refractivity contribution in [3.8, 4) is 0 Å². The number of anilines is 1. The topological polar surface area (TPSA) is 116 Å². The fraction of sp³-hybridized carbons (Fsp3) is 0.269. The maximum Gasteiger partial charge on any atom is 0.243 e. The molecular weight excluding hydrogens is 512 g/mol. The van der Waals surface area contributed by atoms with Gasteiger partial charge in [0.25, 0.3) is 0 Å². The third-order valence-electron chi connectivity index (χ3n) is 6.17. The fourth-order valence-corrected chi connectivity index (χ4v) is 6.65. The number of rotatable bonds is 9.